The molecule has 0 heterocycles. The molecule has 0 saturated heterocycles. The summed E-state index contributed by atoms with van der Waals surface area (Å²) in [4.78, 5) is 4.62. The average Bonchev–Trinajstić information content (AvgIpc) is 2.55. The van der Waals surface area contributed by atoms with Crippen LogP contribution in [-0.4, -0.2) is 55.2 Å². The van der Waals surface area contributed by atoms with Gasteiger partial charge in [-0.15, -0.1) is 0 Å². The van der Waals surface area contributed by atoms with E-state index in [0.29, 0.717) is 0 Å². The Morgan fingerprint density at radius 2 is 1.57 bits per heavy atom. The van der Waals surface area contributed by atoms with E-state index in [-0.39, 0.29) is 6.61 Å². The monoisotopic (exact) mass is 298 g/mol. The molecular formula is C18H38N2O. The molecule has 0 bridgehead atoms. The molecule has 0 saturated carbocycles. The third kappa shape index (κ3) is 11.5. The molecule has 0 aromatic heterocycles. The minimum Gasteiger partial charge on any atom is -0.396 e. The molecule has 0 amide bonds. The van der Waals surface area contributed by atoms with Crippen LogP contribution in [0.2, 0.25) is 0 Å². The highest BCUT2D eigenvalue weighted by atomic mass is 16.3. The first-order chi connectivity index (χ1) is 10.1. The van der Waals surface area contributed by atoms with Crippen molar-refractivity contribution in [3.05, 3.63) is 23.4 Å². The first kappa shape index (κ1) is 22.5. The van der Waals surface area contributed by atoms with Gasteiger partial charge in [0, 0.05) is 39.0 Å². The van der Waals surface area contributed by atoms with Crippen LogP contribution < -0.4 is 0 Å². The van der Waals surface area contributed by atoms with Gasteiger partial charge in [0.15, 0.2) is 0 Å². The van der Waals surface area contributed by atoms with Gasteiger partial charge in [-0.1, -0.05) is 39.3 Å². The molecular weight excluding hydrogens is 260 g/mol. The maximum Gasteiger partial charge on any atom is 0.0443 e. The number of likely N-dealkylation sites (N-methyl/N-ethyl adjacent to an activating group) is 2. The summed E-state index contributed by atoms with van der Waals surface area (Å²) in [6, 6.07) is 0. The van der Waals surface area contributed by atoms with Gasteiger partial charge in [-0.2, -0.15) is 0 Å². The molecule has 1 N–H and O–H groups in total. The van der Waals surface area contributed by atoms with Crippen molar-refractivity contribution in [2.75, 3.05) is 40.3 Å². The minimum atomic E-state index is 0.287. The number of aliphatic hydroxyl groups excluding tert-OH is 1. The Morgan fingerprint density at radius 1 is 0.952 bits per heavy atom. The predicted molar refractivity (Wildman–Crippen MR) is 95.6 cm³/mol. The second-order valence-electron chi connectivity index (χ2n) is 4.97. The lowest BCUT2D eigenvalue weighted by atomic mass is 10.0. The van der Waals surface area contributed by atoms with Crippen LogP contribution in [-0.2, 0) is 0 Å². The molecule has 0 unspecified atom stereocenters. The molecule has 1 rings (SSSR count). The Bertz CT molecular complexity index is 285. The summed E-state index contributed by atoms with van der Waals surface area (Å²) in [6.45, 7) is 13.6. The normalized spacial score (nSPS) is 13.4. The van der Waals surface area contributed by atoms with Crippen LogP contribution >= 0.6 is 0 Å². The van der Waals surface area contributed by atoms with Crippen LogP contribution in [0.5, 0.6) is 0 Å². The number of rotatable bonds is 7. The van der Waals surface area contributed by atoms with Crippen molar-refractivity contribution in [1.82, 2.24) is 9.80 Å². The highest BCUT2D eigenvalue weighted by Crippen LogP contribution is 2.19. The van der Waals surface area contributed by atoms with E-state index in [1.54, 1.807) is 0 Å². The van der Waals surface area contributed by atoms with E-state index >= 15 is 0 Å². The number of allylic oxidation sites excluding steroid dienone is 4. The van der Waals surface area contributed by atoms with Crippen molar-refractivity contribution in [2.24, 2.45) is 0 Å². The summed E-state index contributed by atoms with van der Waals surface area (Å²) in [5.41, 5.74) is 2.91. The topological polar surface area (TPSA) is 26.7 Å². The molecule has 1 aliphatic carbocycles. The highest BCUT2D eigenvalue weighted by Gasteiger charge is 2.08. The van der Waals surface area contributed by atoms with Gasteiger partial charge in [0.05, 0.1) is 0 Å². The van der Waals surface area contributed by atoms with Crippen molar-refractivity contribution in [3.63, 3.8) is 0 Å². The zero-order valence-corrected chi connectivity index (χ0v) is 15.4. The lowest BCUT2D eigenvalue weighted by Crippen LogP contribution is -2.31. The van der Waals surface area contributed by atoms with Gasteiger partial charge in [-0.3, -0.25) is 0 Å². The second kappa shape index (κ2) is 15.6. The lowest BCUT2D eigenvalue weighted by molar-refractivity contribution is 0.234. The summed E-state index contributed by atoms with van der Waals surface area (Å²) in [6.07, 6.45) is 7.69. The molecule has 0 radical (unpaired) electrons. The van der Waals surface area contributed by atoms with E-state index in [1.807, 2.05) is 27.7 Å². The standard InChI is InChI=1S/C14H26N2O.2C2H6/c1-13-5-7-14(8-6-13)16(3)11-10-15(2)9-4-12-17;2*1-2/h5,7,17H,4,6,8-12H2,1-3H3;2*1-2H3. The van der Waals surface area contributed by atoms with Crippen molar-refractivity contribution in [2.45, 2.75) is 53.9 Å². The SMILES string of the molecule is CC.CC.CC1=CC=C(N(C)CCN(C)CCCO)CC1. The second-order valence-corrected chi connectivity index (χ2v) is 4.97. The van der Waals surface area contributed by atoms with Gasteiger partial charge in [-0.25, -0.2) is 0 Å². The Hall–Kier alpha value is -0.800. The van der Waals surface area contributed by atoms with Crippen molar-refractivity contribution < 1.29 is 5.11 Å². The van der Waals surface area contributed by atoms with Gasteiger partial charge in [0.2, 0.25) is 0 Å². The lowest BCUT2D eigenvalue weighted by Gasteiger charge is -2.27. The first-order valence-electron chi connectivity index (χ1n) is 8.50. The average molecular weight is 299 g/mol. The fourth-order valence-electron chi connectivity index (χ4n) is 1.97. The van der Waals surface area contributed by atoms with Gasteiger partial charge >= 0.3 is 0 Å². The van der Waals surface area contributed by atoms with E-state index in [2.05, 4.69) is 43.0 Å². The quantitative estimate of drug-likeness (QED) is 0.772. The van der Waals surface area contributed by atoms with Gasteiger partial charge < -0.3 is 14.9 Å². The highest BCUT2D eigenvalue weighted by molar-refractivity contribution is 5.21. The summed E-state index contributed by atoms with van der Waals surface area (Å²) in [5, 5.41) is 8.77. The van der Waals surface area contributed by atoms with E-state index < -0.39 is 0 Å². The zero-order chi connectivity index (χ0) is 16.7. The molecule has 3 nitrogen and oxygen atoms in total. The van der Waals surface area contributed by atoms with Crippen molar-refractivity contribution in [1.29, 1.82) is 0 Å². The van der Waals surface area contributed by atoms with E-state index in [9.17, 15) is 0 Å². The molecule has 0 aromatic rings. The third-order valence-electron chi connectivity index (χ3n) is 3.34. The Balaban J connectivity index is 0. The maximum absolute atomic E-state index is 8.77. The number of hydrogen-bond acceptors (Lipinski definition) is 3. The molecule has 21 heavy (non-hydrogen) atoms. The summed E-state index contributed by atoms with van der Waals surface area (Å²) >= 11 is 0. The van der Waals surface area contributed by atoms with Crippen LogP contribution in [0, 0.1) is 0 Å². The molecule has 0 spiro atoms. The van der Waals surface area contributed by atoms with E-state index in [0.717, 1.165) is 26.1 Å². The molecule has 126 valence electrons. The fourth-order valence-corrected chi connectivity index (χ4v) is 1.97. The molecule has 3 heteroatoms. The largest absolute Gasteiger partial charge is 0.396 e. The van der Waals surface area contributed by atoms with Crippen LogP contribution in [0.15, 0.2) is 23.4 Å². The van der Waals surface area contributed by atoms with Crippen LogP contribution in [0.4, 0.5) is 0 Å². The van der Waals surface area contributed by atoms with Crippen LogP contribution in [0.1, 0.15) is 53.9 Å². The Morgan fingerprint density at radius 3 is 2.05 bits per heavy atom. The minimum absolute atomic E-state index is 0.287. The van der Waals surface area contributed by atoms with Crippen LogP contribution in [0.3, 0.4) is 0 Å². The van der Waals surface area contributed by atoms with Crippen LogP contribution in [0.25, 0.3) is 0 Å². The van der Waals surface area contributed by atoms with E-state index in [1.165, 1.54) is 24.1 Å². The maximum atomic E-state index is 8.77. The smallest absolute Gasteiger partial charge is 0.0443 e. The van der Waals surface area contributed by atoms with Gasteiger partial charge in [0.1, 0.15) is 0 Å². The molecule has 0 aliphatic heterocycles. The molecule has 1 aliphatic rings. The predicted octanol–water partition coefficient (Wildman–Crippen LogP) is 3.91. The van der Waals surface area contributed by atoms with Gasteiger partial charge in [0.25, 0.3) is 0 Å². The van der Waals surface area contributed by atoms with Crippen molar-refractivity contribution >= 4 is 0 Å². The third-order valence-corrected chi connectivity index (χ3v) is 3.34. The zero-order valence-electron chi connectivity index (χ0n) is 15.4. The first-order valence-corrected chi connectivity index (χ1v) is 8.50. The number of aliphatic hydroxyl groups is 1. The Labute approximate surface area is 133 Å². The summed E-state index contributed by atoms with van der Waals surface area (Å²) in [7, 11) is 4.28. The van der Waals surface area contributed by atoms with E-state index in [4.69, 9.17) is 5.11 Å². The number of hydrogen-bond donors (Lipinski definition) is 1. The molecule has 0 atom stereocenters. The Kier molecular flexibility index (Phi) is 16.7. The number of nitrogens with zero attached hydrogens (tertiary/aromatic N) is 2. The summed E-state index contributed by atoms with van der Waals surface area (Å²) in [5.74, 6) is 0. The molecule has 0 fully saturated rings. The fraction of sp³-hybridized carbons (Fsp3) is 0.778. The molecule has 0 aromatic carbocycles. The summed E-state index contributed by atoms with van der Waals surface area (Å²) < 4.78 is 0. The van der Waals surface area contributed by atoms with Crippen molar-refractivity contribution in [3.8, 4) is 0 Å². The van der Waals surface area contributed by atoms with Gasteiger partial charge in [-0.05, 0) is 39.3 Å².